The molecule has 0 amide bonds. The van der Waals surface area contributed by atoms with Crippen molar-refractivity contribution in [1.29, 1.82) is 0 Å². The van der Waals surface area contributed by atoms with E-state index in [4.69, 9.17) is 0 Å². The first-order valence-corrected chi connectivity index (χ1v) is 9.92. The summed E-state index contributed by atoms with van der Waals surface area (Å²) < 4.78 is 66.9. The van der Waals surface area contributed by atoms with Crippen LogP contribution in [0, 0.1) is 0 Å². The second-order valence-corrected chi connectivity index (χ2v) is 8.22. The lowest BCUT2D eigenvalue weighted by Gasteiger charge is -2.35. The molecule has 0 radical (unpaired) electrons. The Kier molecular flexibility index (Phi) is 4.50. The highest BCUT2D eigenvalue weighted by Crippen LogP contribution is 2.35. The summed E-state index contributed by atoms with van der Waals surface area (Å²) in [7, 11) is -3.80. The van der Waals surface area contributed by atoms with Crippen LogP contribution in [0.4, 0.5) is 19.0 Å². The standard InChI is InChI=1S/C17H16F3N5O2S/c18-17(19,20)13-4-2-6-22-16(13)24-7-9-25(10-8-24)28(26,27)14-11-23-15-12(14)3-1-5-21-15/h1-6,11H,7-10H2,(H,21,23). The lowest BCUT2D eigenvalue weighted by atomic mass is 10.2. The first kappa shape index (κ1) is 18.7. The monoisotopic (exact) mass is 411 g/mol. The van der Waals surface area contributed by atoms with E-state index in [1.165, 1.54) is 27.7 Å². The van der Waals surface area contributed by atoms with E-state index in [0.29, 0.717) is 11.0 Å². The molecule has 0 aromatic carbocycles. The van der Waals surface area contributed by atoms with E-state index in [9.17, 15) is 21.6 Å². The van der Waals surface area contributed by atoms with E-state index in [-0.39, 0.29) is 36.9 Å². The number of fused-ring (bicyclic) bond motifs is 1. The third-order valence-electron chi connectivity index (χ3n) is 4.66. The molecule has 11 heteroatoms. The molecule has 0 bridgehead atoms. The van der Waals surface area contributed by atoms with Gasteiger partial charge in [0.25, 0.3) is 0 Å². The van der Waals surface area contributed by atoms with E-state index >= 15 is 0 Å². The predicted octanol–water partition coefficient (Wildman–Crippen LogP) is 2.49. The van der Waals surface area contributed by atoms with Gasteiger partial charge in [-0.25, -0.2) is 18.4 Å². The van der Waals surface area contributed by atoms with Gasteiger partial charge in [-0.2, -0.15) is 17.5 Å². The molecule has 0 atom stereocenters. The Bertz CT molecular complexity index is 1110. The molecule has 1 aliphatic heterocycles. The van der Waals surface area contributed by atoms with Gasteiger partial charge in [-0.3, -0.25) is 0 Å². The van der Waals surface area contributed by atoms with Crippen molar-refractivity contribution in [2.45, 2.75) is 11.1 Å². The van der Waals surface area contributed by atoms with Crippen LogP contribution in [0.2, 0.25) is 0 Å². The fourth-order valence-corrected chi connectivity index (χ4v) is 4.87. The van der Waals surface area contributed by atoms with E-state index in [1.54, 1.807) is 18.3 Å². The van der Waals surface area contributed by atoms with Crippen LogP contribution in [0.15, 0.2) is 47.8 Å². The largest absolute Gasteiger partial charge is 0.419 e. The number of sulfonamides is 1. The summed E-state index contributed by atoms with van der Waals surface area (Å²) in [6, 6.07) is 5.51. The fraction of sp³-hybridized carbons (Fsp3) is 0.294. The predicted molar refractivity (Wildman–Crippen MR) is 96.3 cm³/mol. The molecule has 0 unspecified atom stereocenters. The van der Waals surface area contributed by atoms with Crippen molar-refractivity contribution in [1.82, 2.24) is 19.3 Å². The van der Waals surface area contributed by atoms with Crippen molar-refractivity contribution in [2.24, 2.45) is 0 Å². The molecule has 4 rings (SSSR count). The van der Waals surface area contributed by atoms with Gasteiger partial charge in [-0.05, 0) is 24.3 Å². The third kappa shape index (κ3) is 3.20. The van der Waals surface area contributed by atoms with Crippen molar-refractivity contribution in [3.05, 3.63) is 48.4 Å². The Balaban J connectivity index is 1.57. The summed E-state index contributed by atoms with van der Waals surface area (Å²) in [6.07, 6.45) is -0.282. The number of H-pyrrole nitrogens is 1. The molecule has 7 nitrogen and oxygen atoms in total. The van der Waals surface area contributed by atoms with Gasteiger partial charge in [0.2, 0.25) is 10.0 Å². The molecule has 1 saturated heterocycles. The quantitative estimate of drug-likeness (QED) is 0.716. The molecule has 28 heavy (non-hydrogen) atoms. The number of aromatic amines is 1. The second-order valence-electron chi connectivity index (χ2n) is 6.32. The van der Waals surface area contributed by atoms with Crippen molar-refractivity contribution < 1.29 is 21.6 Å². The molecule has 0 saturated carbocycles. The van der Waals surface area contributed by atoms with Gasteiger partial charge in [0.05, 0.1) is 5.56 Å². The zero-order chi connectivity index (χ0) is 19.9. The van der Waals surface area contributed by atoms with Crippen molar-refractivity contribution in [3.8, 4) is 0 Å². The molecule has 0 aliphatic carbocycles. The second kappa shape index (κ2) is 6.74. The van der Waals surface area contributed by atoms with Gasteiger partial charge < -0.3 is 9.88 Å². The third-order valence-corrected chi connectivity index (χ3v) is 6.60. The molecule has 3 aromatic rings. The lowest BCUT2D eigenvalue weighted by molar-refractivity contribution is -0.137. The zero-order valence-electron chi connectivity index (χ0n) is 14.5. The molecular formula is C17H16F3N5O2S. The van der Waals surface area contributed by atoms with Crippen LogP contribution in [0.25, 0.3) is 11.0 Å². The average molecular weight is 411 g/mol. The Morgan fingerprint density at radius 3 is 2.39 bits per heavy atom. The number of nitrogens with one attached hydrogen (secondary N) is 1. The summed E-state index contributed by atoms with van der Waals surface area (Å²) in [5.74, 6) is -0.177. The van der Waals surface area contributed by atoms with Gasteiger partial charge >= 0.3 is 6.18 Å². The Hall–Kier alpha value is -2.66. The SMILES string of the molecule is O=S(=O)(c1c[nH]c2ncccc12)N1CCN(c2ncccc2C(F)(F)F)CC1. The Labute approximate surface area is 158 Å². The first-order valence-electron chi connectivity index (χ1n) is 8.48. The number of anilines is 1. The number of alkyl halides is 3. The number of halogens is 3. The minimum Gasteiger partial charge on any atom is -0.353 e. The molecule has 4 heterocycles. The molecule has 0 spiro atoms. The smallest absolute Gasteiger partial charge is 0.353 e. The van der Waals surface area contributed by atoms with E-state index < -0.39 is 21.8 Å². The van der Waals surface area contributed by atoms with Crippen molar-refractivity contribution >= 4 is 26.9 Å². The highest BCUT2D eigenvalue weighted by molar-refractivity contribution is 7.89. The summed E-state index contributed by atoms with van der Waals surface area (Å²) >= 11 is 0. The molecule has 3 aromatic heterocycles. The van der Waals surface area contributed by atoms with Crippen LogP contribution in [0.3, 0.4) is 0 Å². The number of piperazine rings is 1. The minimum atomic E-state index is -4.52. The van der Waals surface area contributed by atoms with Crippen LogP contribution < -0.4 is 4.90 Å². The van der Waals surface area contributed by atoms with Crippen LogP contribution in [-0.2, 0) is 16.2 Å². The minimum absolute atomic E-state index is 0.0587. The summed E-state index contributed by atoms with van der Waals surface area (Å²) in [6.45, 7) is 0.339. The normalized spacial score (nSPS) is 16.6. The van der Waals surface area contributed by atoms with Crippen LogP contribution in [0.1, 0.15) is 5.56 Å². The van der Waals surface area contributed by atoms with Crippen molar-refractivity contribution in [2.75, 3.05) is 31.1 Å². The number of rotatable bonds is 3. The summed E-state index contributed by atoms with van der Waals surface area (Å²) in [4.78, 5) is 12.4. The molecule has 1 N–H and O–H groups in total. The van der Waals surface area contributed by atoms with E-state index in [2.05, 4.69) is 15.0 Å². The first-order chi connectivity index (χ1) is 13.3. The zero-order valence-corrected chi connectivity index (χ0v) is 15.3. The number of hydrogen-bond acceptors (Lipinski definition) is 5. The van der Waals surface area contributed by atoms with Gasteiger partial charge in [0, 0.05) is 50.2 Å². The Morgan fingerprint density at radius 2 is 1.68 bits per heavy atom. The molecule has 1 fully saturated rings. The topological polar surface area (TPSA) is 82.2 Å². The molecule has 1 aliphatic rings. The highest BCUT2D eigenvalue weighted by Gasteiger charge is 2.37. The van der Waals surface area contributed by atoms with Crippen LogP contribution in [-0.4, -0.2) is 53.9 Å². The maximum Gasteiger partial charge on any atom is 0.419 e. The van der Waals surface area contributed by atoms with Crippen LogP contribution >= 0.6 is 0 Å². The number of nitrogens with zero attached hydrogens (tertiary/aromatic N) is 4. The fourth-order valence-electron chi connectivity index (χ4n) is 3.29. The lowest BCUT2D eigenvalue weighted by Crippen LogP contribution is -2.49. The molecular weight excluding hydrogens is 395 g/mol. The number of hydrogen-bond donors (Lipinski definition) is 1. The van der Waals surface area contributed by atoms with Gasteiger partial charge in [-0.15, -0.1) is 0 Å². The van der Waals surface area contributed by atoms with Crippen molar-refractivity contribution in [3.63, 3.8) is 0 Å². The van der Waals surface area contributed by atoms with Gasteiger partial charge in [-0.1, -0.05) is 0 Å². The number of pyridine rings is 2. The number of aromatic nitrogens is 3. The molecule has 148 valence electrons. The van der Waals surface area contributed by atoms with Gasteiger partial charge in [0.15, 0.2) is 0 Å². The van der Waals surface area contributed by atoms with Gasteiger partial charge in [0.1, 0.15) is 16.4 Å². The summed E-state index contributed by atoms with van der Waals surface area (Å²) in [5, 5.41) is 0.481. The van der Waals surface area contributed by atoms with E-state index in [1.807, 2.05) is 0 Å². The maximum atomic E-state index is 13.2. The Morgan fingerprint density at radius 1 is 1.00 bits per heavy atom. The van der Waals surface area contributed by atoms with E-state index in [0.717, 1.165) is 6.07 Å². The summed E-state index contributed by atoms with van der Waals surface area (Å²) in [5.41, 5.74) is -0.364. The highest BCUT2D eigenvalue weighted by atomic mass is 32.2. The van der Waals surface area contributed by atoms with Crippen LogP contribution in [0.5, 0.6) is 0 Å². The average Bonchev–Trinajstić information content (AvgIpc) is 3.12. The maximum absolute atomic E-state index is 13.2.